The Hall–Kier alpha value is -2.41. The molecule has 1 aliphatic heterocycles. The van der Waals surface area contributed by atoms with Crippen LogP contribution in [0.4, 0.5) is 5.00 Å². The third-order valence-electron chi connectivity index (χ3n) is 5.19. The Labute approximate surface area is 164 Å². The second-order valence-electron chi connectivity index (χ2n) is 7.30. The number of piperazine rings is 1. The summed E-state index contributed by atoms with van der Waals surface area (Å²) in [6.07, 6.45) is 0. The van der Waals surface area contributed by atoms with Crippen molar-refractivity contribution in [2.45, 2.75) is 26.2 Å². The van der Waals surface area contributed by atoms with Crippen LogP contribution in [-0.4, -0.2) is 59.2 Å². The van der Waals surface area contributed by atoms with E-state index in [0.717, 1.165) is 16.3 Å². The van der Waals surface area contributed by atoms with Gasteiger partial charge in [0.1, 0.15) is 5.00 Å². The first kappa shape index (κ1) is 19.4. The molecule has 0 aliphatic carbocycles. The number of aryl methyl sites for hydroxylation is 1. The van der Waals surface area contributed by atoms with Crippen molar-refractivity contribution in [1.29, 1.82) is 0 Å². The Morgan fingerprint density at radius 1 is 1.07 bits per heavy atom. The van der Waals surface area contributed by atoms with E-state index in [-0.39, 0.29) is 11.8 Å². The standard InChI is InChI=1S/C20H26N4O2S/c1-14-16(17(21-4)27-22-14)18(25)23-10-12-24(13-11-23)19(26)20(2,3)15-8-6-5-7-9-15/h5-9,21H,10-13H2,1-4H3. The van der Waals surface area contributed by atoms with E-state index in [2.05, 4.69) is 9.69 Å². The van der Waals surface area contributed by atoms with Gasteiger partial charge >= 0.3 is 0 Å². The molecule has 2 aromatic rings. The van der Waals surface area contributed by atoms with Crippen molar-refractivity contribution in [3.8, 4) is 0 Å². The zero-order valence-corrected chi connectivity index (χ0v) is 17.1. The van der Waals surface area contributed by atoms with Crippen molar-refractivity contribution < 1.29 is 9.59 Å². The predicted octanol–water partition coefficient (Wildman–Crippen LogP) is 2.76. The minimum atomic E-state index is -0.583. The second kappa shape index (κ2) is 7.68. The number of hydrogen-bond acceptors (Lipinski definition) is 5. The number of benzene rings is 1. The van der Waals surface area contributed by atoms with Crippen molar-refractivity contribution in [3.63, 3.8) is 0 Å². The van der Waals surface area contributed by atoms with E-state index >= 15 is 0 Å². The maximum Gasteiger partial charge on any atom is 0.258 e. The molecule has 0 saturated carbocycles. The van der Waals surface area contributed by atoms with Crippen molar-refractivity contribution in [1.82, 2.24) is 14.2 Å². The fourth-order valence-corrected chi connectivity index (χ4v) is 4.17. The topological polar surface area (TPSA) is 65.5 Å². The van der Waals surface area contributed by atoms with Crippen LogP contribution in [-0.2, 0) is 10.2 Å². The van der Waals surface area contributed by atoms with Gasteiger partial charge in [0.05, 0.1) is 16.7 Å². The molecule has 1 saturated heterocycles. The molecule has 144 valence electrons. The summed E-state index contributed by atoms with van der Waals surface area (Å²) in [5.74, 6) is 0.0881. The second-order valence-corrected chi connectivity index (χ2v) is 8.07. The van der Waals surface area contributed by atoms with Crippen molar-refractivity contribution >= 4 is 28.3 Å². The Morgan fingerprint density at radius 2 is 1.67 bits per heavy atom. The first-order chi connectivity index (χ1) is 12.9. The van der Waals surface area contributed by atoms with E-state index in [1.54, 1.807) is 7.05 Å². The zero-order chi connectivity index (χ0) is 19.6. The van der Waals surface area contributed by atoms with Gasteiger partial charge in [-0.2, -0.15) is 4.37 Å². The van der Waals surface area contributed by atoms with Gasteiger partial charge in [-0.3, -0.25) is 9.59 Å². The van der Waals surface area contributed by atoms with Gasteiger partial charge in [0, 0.05) is 33.2 Å². The van der Waals surface area contributed by atoms with E-state index in [0.29, 0.717) is 31.7 Å². The van der Waals surface area contributed by atoms with Gasteiger partial charge in [0.2, 0.25) is 5.91 Å². The van der Waals surface area contributed by atoms with Gasteiger partial charge in [0.25, 0.3) is 5.91 Å². The molecule has 1 aromatic heterocycles. The number of nitrogens with zero attached hydrogens (tertiary/aromatic N) is 3. The quantitative estimate of drug-likeness (QED) is 0.878. The largest absolute Gasteiger partial charge is 0.378 e. The van der Waals surface area contributed by atoms with Gasteiger partial charge in [-0.05, 0) is 37.9 Å². The smallest absolute Gasteiger partial charge is 0.258 e. The average molecular weight is 387 g/mol. The minimum absolute atomic E-state index is 0.0139. The van der Waals surface area contributed by atoms with Gasteiger partial charge in [-0.15, -0.1) is 0 Å². The molecular weight excluding hydrogens is 360 g/mol. The average Bonchev–Trinajstić information content (AvgIpc) is 3.08. The molecule has 0 atom stereocenters. The molecule has 27 heavy (non-hydrogen) atoms. The first-order valence-electron chi connectivity index (χ1n) is 9.14. The SMILES string of the molecule is CNc1snc(C)c1C(=O)N1CCN(C(=O)C(C)(C)c2ccccc2)CC1. The molecule has 0 unspecified atom stereocenters. The lowest BCUT2D eigenvalue weighted by Crippen LogP contribution is -2.54. The van der Waals surface area contributed by atoms with Crippen LogP contribution in [0.3, 0.4) is 0 Å². The van der Waals surface area contributed by atoms with E-state index in [1.165, 1.54) is 11.5 Å². The lowest BCUT2D eigenvalue weighted by molar-refractivity contribution is -0.137. The zero-order valence-electron chi connectivity index (χ0n) is 16.3. The van der Waals surface area contributed by atoms with E-state index in [1.807, 2.05) is 60.9 Å². The van der Waals surface area contributed by atoms with Crippen LogP contribution in [0.15, 0.2) is 30.3 Å². The van der Waals surface area contributed by atoms with Crippen molar-refractivity contribution in [2.75, 3.05) is 38.5 Å². The maximum absolute atomic E-state index is 13.1. The molecule has 7 heteroatoms. The summed E-state index contributed by atoms with van der Waals surface area (Å²) < 4.78 is 4.28. The summed E-state index contributed by atoms with van der Waals surface area (Å²) in [7, 11) is 1.80. The number of aromatic nitrogens is 1. The number of carbonyl (C=O) groups excluding carboxylic acids is 2. The number of anilines is 1. The van der Waals surface area contributed by atoms with Gasteiger partial charge in [0.15, 0.2) is 0 Å². The highest BCUT2D eigenvalue weighted by Gasteiger charge is 2.36. The van der Waals surface area contributed by atoms with Crippen LogP contribution < -0.4 is 5.32 Å². The highest BCUT2D eigenvalue weighted by molar-refractivity contribution is 7.10. The molecule has 6 nitrogen and oxygen atoms in total. The summed E-state index contributed by atoms with van der Waals surface area (Å²) in [6, 6.07) is 9.84. The predicted molar refractivity (Wildman–Crippen MR) is 108 cm³/mol. The normalized spacial score (nSPS) is 15.0. The molecule has 1 N–H and O–H groups in total. The monoisotopic (exact) mass is 386 g/mol. The fourth-order valence-electron chi connectivity index (χ4n) is 3.44. The maximum atomic E-state index is 13.1. The van der Waals surface area contributed by atoms with Gasteiger partial charge in [-0.1, -0.05) is 30.3 Å². The molecule has 0 bridgehead atoms. The summed E-state index contributed by atoms with van der Waals surface area (Å²) >= 11 is 1.30. The number of hydrogen-bond donors (Lipinski definition) is 1. The van der Waals surface area contributed by atoms with Crippen LogP contribution in [0, 0.1) is 6.92 Å². The van der Waals surface area contributed by atoms with Crippen LogP contribution in [0.1, 0.15) is 35.5 Å². The Kier molecular flexibility index (Phi) is 5.51. The van der Waals surface area contributed by atoms with Crippen LogP contribution >= 0.6 is 11.5 Å². The molecule has 0 spiro atoms. The third kappa shape index (κ3) is 3.69. The summed E-state index contributed by atoms with van der Waals surface area (Å²) in [5.41, 5.74) is 1.82. The lowest BCUT2D eigenvalue weighted by atomic mass is 9.83. The van der Waals surface area contributed by atoms with Crippen LogP contribution in [0.2, 0.25) is 0 Å². The summed E-state index contributed by atoms with van der Waals surface area (Å²) in [6.45, 7) is 7.94. The number of amides is 2. The first-order valence-corrected chi connectivity index (χ1v) is 9.91. The Morgan fingerprint density at radius 3 is 2.26 bits per heavy atom. The third-order valence-corrected chi connectivity index (χ3v) is 6.14. The Balaban J connectivity index is 1.67. The highest BCUT2D eigenvalue weighted by Crippen LogP contribution is 2.28. The number of rotatable bonds is 4. The fraction of sp³-hybridized carbons (Fsp3) is 0.450. The molecule has 2 amide bonds. The highest BCUT2D eigenvalue weighted by atomic mass is 32.1. The van der Waals surface area contributed by atoms with Gasteiger partial charge in [-0.25, -0.2) is 0 Å². The van der Waals surface area contributed by atoms with Crippen molar-refractivity contribution in [2.24, 2.45) is 0 Å². The lowest BCUT2D eigenvalue weighted by Gasteiger charge is -2.38. The molecule has 1 aromatic carbocycles. The molecule has 3 rings (SSSR count). The molecule has 0 radical (unpaired) electrons. The summed E-state index contributed by atoms with van der Waals surface area (Å²) in [4.78, 5) is 29.7. The van der Waals surface area contributed by atoms with E-state index in [4.69, 9.17) is 0 Å². The molecule has 1 aliphatic rings. The molecule has 1 fully saturated rings. The van der Waals surface area contributed by atoms with E-state index in [9.17, 15) is 9.59 Å². The number of nitrogens with one attached hydrogen (secondary N) is 1. The minimum Gasteiger partial charge on any atom is -0.378 e. The van der Waals surface area contributed by atoms with E-state index < -0.39 is 5.41 Å². The van der Waals surface area contributed by atoms with Crippen LogP contribution in [0.25, 0.3) is 0 Å². The Bertz CT molecular complexity index is 824. The molecule has 2 heterocycles. The molecular formula is C20H26N4O2S. The van der Waals surface area contributed by atoms with Crippen molar-refractivity contribution in [3.05, 3.63) is 47.2 Å². The number of carbonyl (C=O) groups is 2. The van der Waals surface area contributed by atoms with Gasteiger partial charge < -0.3 is 15.1 Å². The summed E-state index contributed by atoms with van der Waals surface area (Å²) in [5, 5.41) is 3.84. The van der Waals surface area contributed by atoms with Crippen LogP contribution in [0.5, 0.6) is 0 Å².